The minimum atomic E-state index is -3.76. The number of sulfonamides is 1. The minimum Gasteiger partial charge on any atom is -0.451 e. The van der Waals surface area contributed by atoms with Crippen molar-refractivity contribution in [2.75, 3.05) is 10.0 Å². The van der Waals surface area contributed by atoms with Gasteiger partial charge in [0.2, 0.25) is 0 Å². The molecule has 5 aromatic rings. The van der Waals surface area contributed by atoms with Crippen molar-refractivity contribution in [3.05, 3.63) is 102 Å². The summed E-state index contributed by atoms with van der Waals surface area (Å²) in [5.41, 5.74) is 3.67. The fraction of sp³-hybridized carbons (Fsp3) is 0.0741. The van der Waals surface area contributed by atoms with Crippen LogP contribution in [-0.2, 0) is 10.0 Å². The second-order valence-electron chi connectivity index (χ2n) is 8.19. The standard InChI is InChI=1S/C27H22N2O4S/c1-17-7-9-21(15-18(17)2)29-34(31,32)22-12-10-20(11-13-22)28-27(30)26-16-24-23-6-4-3-5-19(23)8-14-25(24)33-26/h3-16,29H,1-2H3,(H,28,30). The summed E-state index contributed by atoms with van der Waals surface area (Å²) in [5.74, 6) is -0.233. The van der Waals surface area contributed by atoms with Gasteiger partial charge in [-0.05, 0) is 84.3 Å². The Balaban J connectivity index is 1.34. The molecule has 1 aromatic heterocycles. The molecule has 1 amide bonds. The topological polar surface area (TPSA) is 88.4 Å². The number of carbonyl (C=O) groups excluding carboxylic acids is 1. The number of carbonyl (C=O) groups is 1. The van der Waals surface area contributed by atoms with Crippen LogP contribution in [0.15, 0.2) is 94.2 Å². The number of furan rings is 1. The summed E-state index contributed by atoms with van der Waals surface area (Å²) in [5, 5.41) is 5.70. The van der Waals surface area contributed by atoms with Gasteiger partial charge in [0.15, 0.2) is 5.76 Å². The van der Waals surface area contributed by atoms with Crippen molar-refractivity contribution >= 4 is 49.0 Å². The van der Waals surface area contributed by atoms with E-state index in [1.807, 2.05) is 56.3 Å². The molecule has 0 aliphatic carbocycles. The molecule has 170 valence electrons. The van der Waals surface area contributed by atoms with E-state index < -0.39 is 15.9 Å². The van der Waals surface area contributed by atoms with Crippen LogP contribution in [0.2, 0.25) is 0 Å². The number of aryl methyl sites for hydroxylation is 2. The SMILES string of the molecule is Cc1ccc(NS(=O)(=O)c2ccc(NC(=O)c3cc4c(ccc5ccccc54)o3)cc2)cc1C. The van der Waals surface area contributed by atoms with Gasteiger partial charge in [0.1, 0.15) is 5.58 Å². The molecule has 7 heteroatoms. The minimum absolute atomic E-state index is 0.0962. The molecule has 6 nitrogen and oxygen atoms in total. The summed E-state index contributed by atoms with van der Waals surface area (Å²) >= 11 is 0. The van der Waals surface area contributed by atoms with Gasteiger partial charge in [0.25, 0.3) is 15.9 Å². The fourth-order valence-corrected chi connectivity index (χ4v) is 4.88. The first kappa shape index (κ1) is 21.7. The van der Waals surface area contributed by atoms with Crippen molar-refractivity contribution < 1.29 is 17.6 Å². The zero-order valence-electron chi connectivity index (χ0n) is 18.6. The van der Waals surface area contributed by atoms with E-state index >= 15 is 0 Å². The molecule has 4 aromatic carbocycles. The van der Waals surface area contributed by atoms with Crippen LogP contribution in [-0.4, -0.2) is 14.3 Å². The van der Waals surface area contributed by atoms with Gasteiger partial charge >= 0.3 is 0 Å². The predicted octanol–water partition coefficient (Wildman–Crippen LogP) is 6.26. The molecule has 0 atom stereocenters. The molecule has 34 heavy (non-hydrogen) atoms. The highest BCUT2D eigenvalue weighted by Gasteiger charge is 2.17. The molecule has 0 fully saturated rings. The van der Waals surface area contributed by atoms with Crippen LogP contribution < -0.4 is 10.0 Å². The van der Waals surface area contributed by atoms with Crippen molar-refractivity contribution in [3.8, 4) is 0 Å². The Bertz CT molecular complexity index is 1650. The monoisotopic (exact) mass is 470 g/mol. The quantitative estimate of drug-likeness (QED) is 0.317. The third-order valence-electron chi connectivity index (χ3n) is 5.83. The van der Waals surface area contributed by atoms with Crippen molar-refractivity contribution in [2.45, 2.75) is 18.7 Å². The molecule has 0 saturated carbocycles. The Hall–Kier alpha value is -4.10. The molecule has 0 saturated heterocycles. The number of benzene rings is 4. The zero-order valence-corrected chi connectivity index (χ0v) is 19.4. The van der Waals surface area contributed by atoms with E-state index in [-0.39, 0.29) is 10.7 Å². The first-order valence-electron chi connectivity index (χ1n) is 10.7. The smallest absolute Gasteiger partial charge is 0.291 e. The van der Waals surface area contributed by atoms with Crippen molar-refractivity contribution in [1.29, 1.82) is 0 Å². The summed E-state index contributed by atoms with van der Waals surface area (Å²) < 4.78 is 33.8. The normalized spacial score (nSPS) is 11.6. The molecule has 0 aliphatic rings. The molecule has 2 N–H and O–H groups in total. The van der Waals surface area contributed by atoms with Crippen LogP contribution in [0.4, 0.5) is 11.4 Å². The van der Waals surface area contributed by atoms with Gasteiger partial charge in [-0.3, -0.25) is 9.52 Å². The second kappa shape index (κ2) is 8.35. The van der Waals surface area contributed by atoms with Crippen LogP contribution in [0, 0.1) is 13.8 Å². The lowest BCUT2D eigenvalue weighted by atomic mass is 10.1. The maximum Gasteiger partial charge on any atom is 0.291 e. The molecule has 0 unspecified atom stereocenters. The number of nitrogens with one attached hydrogen (secondary N) is 2. The van der Waals surface area contributed by atoms with Gasteiger partial charge < -0.3 is 9.73 Å². The van der Waals surface area contributed by atoms with Crippen LogP contribution >= 0.6 is 0 Å². The maximum atomic E-state index is 12.8. The van der Waals surface area contributed by atoms with Crippen molar-refractivity contribution in [1.82, 2.24) is 0 Å². The van der Waals surface area contributed by atoms with Crippen LogP contribution in [0.5, 0.6) is 0 Å². The third kappa shape index (κ3) is 4.13. The summed E-state index contributed by atoms with van der Waals surface area (Å²) in [6, 6.07) is 24.8. The molecule has 0 spiro atoms. The van der Waals surface area contributed by atoms with Gasteiger partial charge in [-0.2, -0.15) is 0 Å². The Morgan fingerprint density at radius 1 is 0.765 bits per heavy atom. The largest absolute Gasteiger partial charge is 0.451 e. The van der Waals surface area contributed by atoms with Gasteiger partial charge in [-0.25, -0.2) is 8.42 Å². The van der Waals surface area contributed by atoms with E-state index in [9.17, 15) is 13.2 Å². The number of amides is 1. The fourth-order valence-electron chi connectivity index (χ4n) is 3.83. The third-order valence-corrected chi connectivity index (χ3v) is 7.23. The first-order valence-corrected chi connectivity index (χ1v) is 12.2. The predicted molar refractivity (Wildman–Crippen MR) is 135 cm³/mol. The van der Waals surface area contributed by atoms with E-state index in [1.165, 1.54) is 12.1 Å². The van der Waals surface area contributed by atoms with Crippen molar-refractivity contribution in [3.63, 3.8) is 0 Å². The van der Waals surface area contributed by atoms with E-state index in [2.05, 4.69) is 10.0 Å². The van der Waals surface area contributed by atoms with E-state index in [4.69, 9.17) is 4.42 Å². The lowest BCUT2D eigenvalue weighted by molar-refractivity contribution is 0.0998. The highest BCUT2D eigenvalue weighted by atomic mass is 32.2. The summed E-state index contributed by atoms with van der Waals surface area (Å²) in [6.07, 6.45) is 0. The van der Waals surface area contributed by atoms with Gasteiger partial charge in [0, 0.05) is 16.8 Å². The van der Waals surface area contributed by atoms with Gasteiger partial charge in [-0.1, -0.05) is 36.4 Å². The van der Waals surface area contributed by atoms with Crippen LogP contribution in [0.25, 0.3) is 21.7 Å². The Morgan fingerprint density at radius 3 is 2.26 bits per heavy atom. The van der Waals surface area contributed by atoms with Gasteiger partial charge in [-0.15, -0.1) is 0 Å². The Morgan fingerprint density at radius 2 is 1.50 bits per heavy atom. The van der Waals surface area contributed by atoms with Gasteiger partial charge in [0.05, 0.1) is 4.90 Å². The highest BCUT2D eigenvalue weighted by Crippen LogP contribution is 2.28. The van der Waals surface area contributed by atoms with E-state index in [0.29, 0.717) is 17.0 Å². The summed E-state index contributed by atoms with van der Waals surface area (Å²) in [6.45, 7) is 3.89. The van der Waals surface area contributed by atoms with E-state index in [1.54, 1.807) is 30.3 Å². The lowest BCUT2D eigenvalue weighted by Gasteiger charge is -2.10. The van der Waals surface area contributed by atoms with Crippen molar-refractivity contribution in [2.24, 2.45) is 0 Å². The van der Waals surface area contributed by atoms with Crippen LogP contribution in [0.1, 0.15) is 21.7 Å². The molecule has 1 heterocycles. The first-order chi connectivity index (χ1) is 16.3. The number of hydrogen-bond acceptors (Lipinski definition) is 4. The summed E-state index contributed by atoms with van der Waals surface area (Å²) in [4.78, 5) is 12.9. The second-order valence-corrected chi connectivity index (χ2v) is 9.87. The number of rotatable bonds is 5. The number of hydrogen-bond donors (Lipinski definition) is 2. The molecule has 0 aliphatic heterocycles. The maximum absolute atomic E-state index is 12.8. The molecule has 0 radical (unpaired) electrons. The van der Waals surface area contributed by atoms with E-state index in [0.717, 1.165) is 27.3 Å². The molecule has 0 bridgehead atoms. The molecular formula is C27H22N2O4S. The molecular weight excluding hydrogens is 448 g/mol. The van der Waals surface area contributed by atoms with Crippen LogP contribution in [0.3, 0.4) is 0 Å². The lowest BCUT2D eigenvalue weighted by Crippen LogP contribution is -2.14. The Kier molecular flexibility index (Phi) is 5.34. The average Bonchev–Trinajstić information content (AvgIpc) is 3.27. The highest BCUT2D eigenvalue weighted by molar-refractivity contribution is 7.92. The molecule has 5 rings (SSSR count). The number of fused-ring (bicyclic) bond motifs is 3. The number of anilines is 2. The summed E-state index contributed by atoms with van der Waals surface area (Å²) in [7, 11) is -3.76. The average molecular weight is 471 g/mol. The Labute approximate surface area is 197 Å². The zero-order chi connectivity index (χ0) is 23.9.